The summed E-state index contributed by atoms with van der Waals surface area (Å²) < 4.78 is 1.79. The molecule has 1 aromatic carbocycles. The minimum atomic E-state index is -0.495. The van der Waals surface area contributed by atoms with Crippen molar-refractivity contribution in [3.8, 4) is 5.69 Å². The molecule has 0 saturated heterocycles. The van der Waals surface area contributed by atoms with Crippen LogP contribution in [0.1, 0.15) is 25.5 Å². The Hall–Kier alpha value is -1.85. The third-order valence-corrected chi connectivity index (χ3v) is 2.93. The second kappa shape index (κ2) is 7.07. The number of hydrogen-bond donors (Lipinski definition) is 2. The Kier molecular flexibility index (Phi) is 5.73. The van der Waals surface area contributed by atoms with Gasteiger partial charge in [-0.15, -0.1) is 12.4 Å². The van der Waals surface area contributed by atoms with E-state index in [0.29, 0.717) is 0 Å². The molecule has 0 spiro atoms. The van der Waals surface area contributed by atoms with Crippen LogP contribution in [-0.2, 0) is 4.79 Å². The summed E-state index contributed by atoms with van der Waals surface area (Å²) >= 11 is 0. The number of carbonyl (C=O) groups excluding carboxylic acids is 1. The van der Waals surface area contributed by atoms with Gasteiger partial charge in [0.05, 0.1) is 17.8 Å². The van der Waals surface area contributed by atoms with Crippen LogP contribution in [0.4, 0.5) is 0 Å². The molecule has 1 heterocycles. The van der Waals surface area contributed by atoms with Crippen molar-refractivity contribution in [1.29, 1.82) is 0 Å². The van der Waals surface area contributed by atoms with Gasteiger partial charge in [-0.05, 0) is 37.6 Å². The van der Waals surface area contributed by atoms with Gasteiger partial charge in [0, 0.05) is 12.4 Å². The van der Waals surface area contributed by atoms with E-state index >= 15 is 0 Å². The molecule has 108 valence electrons. The van der Waals surface area contributed by atoms with E-state index in [1.807, 2.05) is 43.5 Å². The molecule has 1 aromatic heterocycles. The zero-order valence-corrected chi connectivity index (χ0v) is 12.3. The largest absolute Gasteiger partial charge is 0.348 e. The van der Waals surface area contributed by atoms with E-state index < -0.39 is 6.04 Å². The molecule has 0 aliphatic heterocycles. The lowest BCUT2D eigenvalue weighted by molar-refractivity contribution is -0.122. The summed E-state index contributed by atoms with van der Waals surface area (Å²) in [5.74, 6) is -0.149. The Morgan fingerprint density at radius 1 is 1.30 bits per heavy atom. The Bertz CT molecular complexity index is 537. The fourth-order valence-electron chi connectivity index (χ4n) is 1.77. The first-order chi connectivity index (χ1) is 9.08. The van der Waals surface area contributed by atoms with Crippen LogP contribution in [0.5, 0.6) is 0 Å². The minimum absolute atomic E-state index is 0. The Morgan fingerprint density at radius 3 is 2.45 bits per heavy atom. The smallest absolute Gasteiger partial charge is 0.237 e. The molecule has 20 heavy (non-hydrogen) atoms. The quantitative estimate of drug-likeness (QED) is 0.903. The monoisotopic (exact) mass is 294 g/mol. The maximum Gasteiger partial charge on any atom is 0.237 e. The van der Waals surface area contributed by atoms with Crippen LogP contribution in [0, 0.1) is 0 Å². The van der Waals surface area contributed by atoms with Gasteiger partial charge in [0.1, 0.15) is 0 Å². The van der Waals surface area contributed by atoms with Crippen molar-refractivity contribution in [2.75, 3.05) is 0 Å². The van der Waals surface area contributed by atoms with Gasteiger partial charge >= 0.3 is 0 Å². The first-order valence-electron chi connectivity index (χ1n) is 6.24. The summed E-state index contributed by atoms with van der Waals surface area (Å²) in [4.78, 5) is 11.5. The molecular formula is C14H19ClN4O. The summed E-state index contributed by atoms with van der Waals surface area (Å²) in [5, 5.41) is 7.03. The highest BCUT2D eigenvalue weighted by atomic mass is 35.5. The SMILES string of the molecule is CC(NC(=O)[C@@H](C)N)c1ccc(-n2cccn2)cc1.Cl. The Balaban J connectivity index is 0.00000200. The predicted octanol–water partition coefficient (Wildman–Crippen LogP) is 1.82. The molecule has 0 radical (unpaired) electrons. The number of rotatable bonds is 4. The number of halogens is 1. The zero-order chi connectivity index (χ0) is 13.8. The third kappa shape index (κ3) is 3.82. The molecule has 2 rings (SSSR count). The second-order valence-corrected chi connectivity index (χ2v) is 4.56. The van der Waals surface area contributed by atoms with Crippen molar-refractivity contribution >= 4 is 18.3 Å². The molecule has 1 amide bonds. The highest BCUT2D eigenvalue weighted by Gasteiger charge is 2.12. The summed E-state index contributed by atoms with van der Waals surface area (Å²) in [5.41, 5.74) is 7.54. The lowest BCUT2D eigenvalue weighted by Crippen LogP contribution is -2.39. The van der Waals surface area contributed by atoms with E-state index in [4.69, 9.17) is 5.73 Å². The van der Waals surface area contributed by atoms with E-state index in [1.54, 1.807) is 17.8 Å². The van der Waals surface area contributed by atoms with Gasteiger partial charge in [-0.3, -0.25) is 4.79 Å². The molecule has 0 bridgehead atoms. The fourth-order valence-corrected chi connectivity index (χ4v) is 1.77. The number of carbonyl (C=O) groups is 1. The number of benzene rings is 1. The van der Waals surface area contributed by atoms with Gasteiger partial charge in [-0.1, -0.05) is 12.1 Å². The molecule has 2 aromatic rings. The molecule has 1 unspecified atom stereocenters. The fraction of sp³-hybridized carbons (Fsp3) is 0.286. The average Bonchev–Trinajstić information content (AvgIpc) is 2.92. The minimum Gasteiger partial charge on any atom is -0.348 e. The van der Waals surface area contributed by atoms with Gasteiger partial charge in [-0.25, -0.2) is 4.68 Å². The lowest BCUT2D eigenvalue weighted by Gasteiger charge is -2.16. The Morgan fingerprint density at radius 2 is 1.95 bits per heavy atom. The lowest BCUT2D eigenvalue weighted by atomic mass is 10.1. The summed E-state index contributed by atoms with van der Waals surface area (Å²) in [7, 11) is 0. The van der Waals surface area contributed by atoms with Crippen LogP contribution >= 0.6 is 12.4 Å². The molecular weight excluding hydrogens is 276 g/mol. The predicted molar refractivity (Wildman–Crippen MR) is 81.0 cm³/mol. The number of hydrogen-bond acceptors (Lipinski definition) is 3. The summed E-state index contributed by atoms with van der Waals surface area (Å²) in [6.45, 7) is 3.60. The molecule has 5 nitrogen and oxygen atoms in total. The number of aromatic nitrogens is 2. The second-order valence-electron chi connectivity index (χ2n) is 4.56. The first kappa shape index (κ1) is 16.2. The van der Waals surface area contributed by atoms with E-state index in [1.165, 1.54) is 0 Å². The van der Waals surface area contributed by atoms with E-state index in [-0.39, 0.29) is 24.4 Å². The number of nitrogens with two attached hydrogens (primary N) is 1. The molecule has 3 N–H and O–H groups in total. The van der Waals surface area contributed by atoms with Crippen molar-refractivity contribution in [2.45, 2.75) is 25.9 Å². The van der Waals surface area contributed by atoms with Gasteiger partial charge in [0.25, 0.3) is 0 Å². The molecule has 0 fully saturated rings. The molecule has 0 aliphatic carbocycles. The van der Waals surface area contributed by atoms with Gasteiger partial charge < -0.3 is 11.1 Å². The molecule has 0 saturated carbocycles. The number of nitrogens with zero attached hydrogens (tertiary/aromatic N) is 2. The maximum absolute atomic E-state index is 11.5. The third-order valence-electron chi connectivity index (χ3n) is 2.93. The molecule has 6 heteroatoms. The normalized spacial score (nSPS) is 13.2. The van der Waals surface area contributed by atoms with Crippen LogP contribution in [0.25, 0.3) is 5.69 Å². The first-order valence-corrected chi connectivity index (χ1v) is 6.24. The standard InChI is InChI=1S/C14H18N4O.ClH/c1-10(15)14(19)17-11(2)12-4-6-13(7-5-12)18-9-3-8-16-18;/h3-11H,15H2,1-2H3,(H,17,19);1H/t10-,11?;/m1./s1. The van der Waals surface area contributed by atoms with Crippen LogP contribution in [0.3, 0.4) is 0 Å². The highest BCUT2D eigenvalue weighted by molar-refractivity contribution is 5.85. The van der Waals surface area contributed by atoms with Crippen molar-refractivity contribution in [2.24, 2.45) is 5.73 Å². The van der Waals surface area contributed by atoms with Crippen molar-refractivity contribution in [3.05, 3.63) is 48.3 Å². The van der Waals surface area contributed by atoms with Gasteiger partial charge in [0.2, 0.25) is 5.91 Å². The Labute approximate surface area is 124 Å². The van der Waals surface area contributed by atoms with Gasteiger partial charge in [-0.2, -0.15) is 5.10 Å². The summed E-state index contributed by atoms with van der Waals surface area (Å²) in [6, 6.07) is 9.20. The van der Waals surface area contributed by atoms with Crippen LogP contribution < -0.4 is 11.1 Å². The zero-order valence-electron chi connectivity index (χ0n) is 11.5. The van der Waals surface area contributed by atoms with E-state index in [0.717, 1.165) is 11.3 Å². The van der Waals surface area contributed by atoms with E-state index in [9.17, 15) is 4.79 Å². The average molecular weight is 295 g/mol. The molecule has 2 atom stereocenters. The van der Waals surface area contributed by atoms with Crippen LogP contribution in [0.15, 0.2) is 42.7 Å². The summed E-state index contributed by atoms with van der Waals surface area (Å²) in [6.07, 6.45) is 3.62. The topological polar surface area (TPSA) is 72.9 Å². The maximum atomic E-state index is 11.5. The van der Waals surface area contributed by atoms with Crippen molar-refractivity contribution < 1.29 is 4.79 Å². The number of amides is 1. The number of nitrogens with one attached hydrogen (secondary N) is 1. The van der Waals surface area contributed by atoms with Crippen LogP contribution in [0.2, 0.25) is 0 Å². The van der Waals surface area contributed by atoms with Crippen molar-refractivity contribution in [3.63, 3.8) is 0 Å². The van der Waals surface area contributed by atoms with E-state index in [2.05, 4.69) is 10.4 Å². The van der Waals surface area contributed by atoms with Crippen molar-refractivity contribution in [1.82, 2.24) is 15.1 Å². The van der Waals surface area contributed by atoms with Gasteiger partial charge in [0.15, 0.2) is 0 Å². The highest BCUT2D eigenvalue weighted by Crippen LogP contribution is 2.15. The van der Waals surface area contributed by atoms with Crippen LogP contribution in [-0.4, -0.2) is 21.7 Å². The molecule has 0 aliphatic rings.